The Labute approximate surface area is 221 Å². The van der Waals surface area contributed by atoms with Crippen molar-refractivity contribution in [1.82, 2.24) is 10.3 Å². The van der Waals surface area contributed by atoms with Gasteiger partial charge in [0.1, 0.15) is 23.1 Å². The summed E-state index contributed by atoms with van der Waals surface area (Å²) in [5.74, 6) is -1.99. The van der Waals surface area contributed by atoms with Gasteiger partial charge in [-0.3, -0.25) is 19.6 Å². The summed E-state index contributed by atoms with van der Waals surface area (Å²) in [5, 5.41) is 14.8. The number of aromatic amines is 1. The molecular formula is C30H36N2O6. The molecule has 3 heterocycles. The molecule has 0 bridgehead atoms. The zero-order valence-electron chi connectivity index (χ0n) is 22.3. The monoisotopic (exact) mass is 520 g/mol. The van der Waals surface area contributed by atoms with Crippen molar-refractivity contribution in [1.29, 1.82) is 0 Å². The predicted octanol–water partition coefficient (Wildman–Crippen LogP) is 3.54. The standard InChI is InChI=1S/C30H36N2O6/c1-13-9-19-18(23(13)15(3)33)11-22(34)30-24(14(2)29(4)27(37-29)25(30)26(19)38-36)21(32-28(30)35)10-16-12-31-20-8-6-5-7-17(16)20/h5-8,12-14,18-19,21,23-27,31,36H,9-11H2,1-4H3,(H,32,35)/t13-,14-,18+,19+,21-,23-,24-,25-,26-,27-,29+,30+/m0/s1. The number of hydrogen-bond donors (Lipinski definition) is 3. The van der Waals surface area contributed by atoms with Crippen LogP contribution in [-0.2, 0) is 30.4 Å². The highest BCUT2D eigenvalue weighted by molar-refractivity contribution is 6.09. The Morgan fingerprint density at radius 1 is 1.18 bits per heavy atom. The lowest BCUT2D eigenvalue weighted by molar-refractivity contribution is -0.312. The molecule has 3 N–H and O–H groups in total. The molecule has 8 heteroatoms. The quantitative estimate of drug-likeness (QED) is 0.245. The molecule has 3 saturated carbocycles. The predicted molar refractivity (Wildman–Crippen MR) is 138 cm³/mol. The molecule has 2 aliphatic heterocycles. The van der Waals surface area contributed by atoms with Crippen LogP contribution < -0.4 is 5.32 Å². The van der Waals surface area contributed by atoms with Crippen molar-refractivity contribution in [2.75, 3.05) is 0 Å². The van der Waals surface area contributed by atoms with E-state index >= 15 is 0 Å². The minimum absolute atomic E-state index is 0.0578. The van der Waals surface area contributed by atoms with E-state index in [4.69, 9.17) is 9.62 Å². The maximum absolute atomic E-state index is 14.5. The van der Waals surface area contributed by atoms with Crippen molar-refractivity contribution in [2.45, 2.75) is 70.8 Å². The first-order chi connectivity index (χ1) is 18.1. The van der Waals surface area contributed by atoms with E-state index < -0.39 is 23.0 Å². The Morgan fingerprint density at radius 2 is 1.95 bits per heavy atom. The molecule has 0 radical (unpaired) electrons. The Bertz CT molecular complexity index is 1350. The van der Waals surface area contributed by atoms with E-state index in [1.807, 2.05) is 31.3 Å². The lowest BCUT2D eigenvalue weighted by Gasteiger charge is -2.48. The second kappa shape index (κ2) is 7.99. The highest BCUT2D eigenvalue weighted by atomic mass is 17.1. The molecule has 2 aromatic rings. The Balaban J connectivity index is 1.36. The third-order valence-corrected chi connectivity index (χ3v) is 11.5. The molecule has 8 nitrogen and oxygen atoms in total. The first-order valence-corrected chi connectivity index (χ1v) is 14.0. The highest BCUT2D eigenvalue weighted by Gasteiger charge is 2.82. The fraction of sp³-hybridized carbons (Fsp3) is 0.633. The molecule has 2 saturated heterocycles. The van der Waals surface area contributed by atoms with Gasteiger partial charge in [-0.1, -0.05) is 32.0 Å². The van der Waals surface area contributed by atoms with Gasteiger partial charge in [-0.2, -0.15) is 0 Å². The zero-order valence-corrected chi connectivity index (χ0v) is 22.3. The van der Waals surface area contributed by atoms with Crippen molar-refractivity contribution < 1.29 is 29.3 Å². The van der Waals surface area contributed by atoms with Gasteiger partial charge in [-0.05, 0) is 62.0 Å². The molecular weight excluding hydrogens is 484 g/mol. The van der Waals surface area contributed by atoms with Gasteiger partial charge in [0.05, 0.1) is 11.7 Å². The lowest BCUT2D eigenvalue weighted by atomic mass is 9.50. The van der Waals surface area contributed by atoms with Crippen LogP contribution in [0.4, 0.5) is 0 Å². The summed E-state index contributed by atoms with van der Waals surface area (Å²) in [6, 6.07) is 7.81. The largest absolute Gasteiger partial charge is 0.366 e. The van der Waals surface area contributed by atoms with Gasteiger partial charge in [0.2, 0.25) is 5.91 Å². The number of carbonyl (C=O) groups excluding carboxylic acids is 3. The van der Waals surface area contributed by atoms with Gasteiger partial charge in [-0.15, -0.1) is 0 Å². The second-order valence-corrected chi connectivity index (χ2v) is 12.9. The fourth-order valence-electron chi connectivity index (χ4n) is 9.83. The maximum atomic E-state index is 14.5. The normalized spacial score (nSPS) is 47.1. The van der Waals surface area contributed by atoms with Crippen LogP contribution in [0.2, 0.25) is 0 Å². The third-order valence-electron chi connectivity index (χ3n) is 11.5. The summed E-state index contributed by atoms with van der Waals surface area (Å²) in [7, 11) is 0. The number of carbonyl (C=O) groups is 3. The topological polar surface area (TPSA) is 121 Å². The SMILES string of the molecule is CC(=O)[C@H]1[C@@H]2CC(=O)[C@@]34C(=O)N[C@@H](Cc5c[nH]c6ccccc56)[C@@H]3[C@H](C)[C@@]3(C)O[C@H]3[C@@H]4[C@@H](OO)[C@@H]2C[C@@H]1C. The molecule has 1 amide bonds. The zero-order chi connectivity index (χ0) is 26.7. The molecule has 1 aromatic heterocycles. The van der Waals surface area contributed by atoms with Crippen LogP contribution in [0.3, 0.4) is 0 Å². The molecule has 12 atom stereocenters. The Kier molecular flexibility index (Phi) is 5.15. The lowest BCUT2D eigenvalue weighted by Crippen LogP contribution is -2.61. The Hall–Kier alpha value is -2.55. The first kappa shape index (κ1) is 24.5. The number of fused-ring (bicyclic) bond motifs is 4. The number of amides is 1. The number of ether oxygens (including phenoxy) is 1. The van der Waals surface area contributed by atoms with Crippen LogP contribution in [0.25, 0.3) is 10.9 Å². The highest BCUT2D eigenvalue weighted by Crippen LogP contribution is 2.69. The maximum Gasteiger partial charge on any atom is 0.234 e. The first-order valence-electron chi connectivity index (χ1n) is 14.0. The summed E-state index contributed by atoms with van der Waals surface area (Å²) in [5.41, 5.74) is 0.253. The average molecular weight is 521 g/mol. The van der Waals surface area contributed by atoms with Crippen molar-refractivity contribution in [3.05, 3.63) is 36.0 Å². The van der Waals surface area contributed by atoms with E-state index in [9.17, 15) is 19.6 Å². The molecule has 1 aromatic carbocycles. The molecule has 7 rings (SSSR count). The van der Waals surface area contributed by atoms with Crippen molar-refractivity contribution in [3.63, 3.8) is 0 Å². The number of nitrogens with one attached hydrogen (secondary N) is 2. The Morgan fingerprint density at radius 3 is 2.68 bits per heavy atom. The number of H-pyrrole nitrogens is 1. The summed E-state index contributed by atoms with van der Waals surface area (Å²) >= 11 is 0. The van der Waals surface area contributed by atoms with Gasteiger partial charge >= 0.3 is 0 Å². The van der Waals surface area contributed by atoms with Crippen LogP contribution in [0.1, 0.15) is 46.1 Å². The van der Waals surface area contributed by atoms with Crippen molar-refractivity contribution in [2.24, 2.45) is 46.8 Å². The molecule has 1 spiro atoms. The van der Waals surface area contributed by atoms with Gasteiger partial charge in [0, 0.05) is 47.3 Å². The van der Waals surface area contributed by atoms with Crippen LogP contribution in [0, 0.1) is 46.8 Å². The number of hydrogen-bond acceptors (Lipinski definition) is 6. The number of rotatable bonds is 4. The number of Topliss-reactive ketones (excluding diaryl/α,β-unsaturated/α-hetero) is 2. The molecule has 5 aliphatic rings. The summed E-state index contributed by atoms with van der Waals surface area (Å²) in [6.07, 6.45) is 2.27. The van der Waals surface area contributed by atoms with Crippen LogP contribution in [-0.4, -0.2) is 51.6 Å². The molecule has 5 fully saturated rings. The molecule has 0 unspecified atom stereocenters. The van der Waals surface area contributed by atoms with Crippen molar-refractivity contribution >= 4 is 28.4 Å². The third kappa shape index (κ3) is 2.89. The second-order valence-electron chi connectivity index (χ2n) is 12.9. The van der Waals surface area contributed by atoms with Crippen LogP contribution in [0.5, 0.6) is 0 Å². The smallest absolute Gasteiger partial charge is 0.234 e. The number of ketones is 2. The number of para-hydroxylation sites is 1. The number of benzene rings is 1. The molecule has 202 valence electrons. The van der Waals surface area contributed by atoms with E-state index in [0.29, 0.717) is 12.8 Å². The summed E-state index contributed by atoms with van der Waals surface area (Å²) in [4.78, 5) is 50.1. The summed E-state index contributed by atoms with van der Waals surface area (Å²) < 4.78 is 6.37. The minimum Gasteiger partial charge on any atom is -0.366 e. The van der Waals surface area contributed by atoms with Gasteiger partial charge in [0.25, 0.3) is 0 Å². The van der Waals surface area contributed by atoms with Crippen molar-refractivity contribution in [3.8, 4) is 0 Å². The van der Waals surface area contributed by atoms with Gasteiger partial charge in [-0.25, -0.2) is 4.89 Å². The minimum atomic E-state index is -1.36. The van der Waals surface area contributed by atoms with E-state index in [0.717, 1.165) is 16.5 Å². The van der Waals surface area contributed by atoms with E-state index in [-0.39, 0.29) is 71.5 Å². The molecule has 38 heavy (non-hydrogen) atoms. The van der Waals surface area contributed by atoms with Crippen LogP contribution in [0.15, 0.2) is 30.5 Å². The molecule has 3 aliphatic carbocycles. The van der Waals surface area contributed by atoms with E-state index in [2.05, 4.69) is 30.2 Å². The fourth-order valence-corrected chi connectivity index (χ4v) is 9.83. The van der Waals surface area contributed by atoms with Gasteiger partial charge in [0.15, 0.2) is 0 Å². The van der Waals surface area contributed by atoms with Gasteiger partial charge < -0.3 is 15.0 Å². The average Bonchev–Trinajstić information content (AvgIpc) is 3.14. The van der Waals surface area contributed by atoms with E-state index in [1.54, 1.807) is 6.92 Å². The van der Waals surface area contributed by atoms with E-state index in [1.165, 1.54) is 0 Å². The summed E-state index contributed by atoms with van der Waals surface area (Å²) in [6.45, 7) is 7.79. The number of aromatic nitrogens is 1. The number of epoxide rings is 1. The van der Waals surface area contributed by atoms with Crippen LogP contribution >= 0.6 is 0 Å².